The Kier molecular flexibility index (Phi) is 6.37. The lowest BCUT2D eigenvalue weighted by Gasteiger charge is -2.18. The van der Waals surface area contributed by atoms with Crippen molar-refractivity contribution in [1.82, 2.24) is 10.6 Å². The normalized spacial score (nSPS) is 13.6. The van der Waals surface area contributed by atoms with Gasteiger partial charge in [0.1, 0.15) is 12.4 Å². The zero-order valence-corrected chi connectivity index (χ0v) is 16.7. The first kappa shape index (κ1) is 20.0. The average Bonchev–Trinajstić information content (AvgIpc) is 2.71. The highest BCUT2D eigenvalue weighted by Gasteiger charge is 2.17. The summed E-state index contributed by atoms with van der Waals surface area (Å²) in [5.41, 5.74) is 2.75. The molecule has 28 heavy (non-hydrogen) atoms. The van der Waals surface area contributed by atoms with Gasteiger partial charge in [-0.2, -0.15) is 0 Å². The zero-order chi connectivity index (χ0) is 20.1. The Morgan fingerprint density at radius 1 is 1.18 bits per heavy atom. The van der Waals surface area contributed by atoms with E-state index in [2.05, 4.69) is 10.6 Å². The van der Waals surface area contributed by atoms with Gasteiger partial charge in [-0.05, 0) is 55.3 Å². The zero-order valence-electron chi connectivity index (χ0n) is 15.9. The maximum absolute atomic E-state index is 12.5. The molecule has 146 valence electrons. The molecule has 1 unspecified atom stereocenters. The van der Waals surface area contributed by atoms with Gasteiger partial charge in [0, 0.05) is 28.7 Å². The molecule has 0 saturated carbocycles. The van der Waals surface area contributed by atoms with E-state index in [0.29, 0.717) is 28.5 Å². The summed E-state index contributed by atoms with van der Waals surface area (Å²) in [6.07, 6.45) is 2.66. The minimum Gasteiger partial charge on any atom is -0.488 e. The van der Waals surface area contributed by atoms with Gasteiger partial charge in [-0.15, -0.1) is 0 Å². The minimum absolute atomic E-state index is 0.112. The standard InChI is InChI=1S/C22H23ClN2O3/c1-3-14(2)25-22(27)16-6-4-5-15(9-16)12-24-21(26)18-10-17-11-19(23)7-8-20(17)28-13-18/h4-11,14H,3,12-13H2,1-2H3,(H,24,26)(H,25,27). The molecule has 2 N–H and O–H groups in total. The van der Waals surface area contributed by atoms with Crippen LogP contribution in [0.5, 0.6) is 5.75 Å². The molecule has 1 aliphatic rings. The summed E-state index contributed by atoms with van der Waals surface area (Å²) in [5.74, 6) is 0.389. The van der Waals surface area contributed by atoms with Crippen molar-refractivity contribution in [2.45, 2.75) is 32.9 Å². The van der Waals surface area contributed by atoms with Crippen molar-refractivity contribution in [2.75, 3.05) is 6.61 Å². The van der Waals surface area contributed by atoms with E-state index in [4.69, 9.17) is 16.3 Å². The van der Waals surface area contributed by atoms with Gasteiger partial charge in [-0.3, -0.25) is 9.59 Å². The molecule has 2 amide bonds. The first-order valence-electron chi connectivity index (χ1n) is 9.27. The fourth-order valence-corrected chi connectivity index (χ4v) is 2.99. The number of hydrogen-bond donors (Lipinski definition) is 2. The lowest BCUT2D eigenvalue weighted by atomic mass is 10.1. The van der Waals surface area contributed by atoms with Crippen LogP contribution in [-0.4, -0.2) is 24.5 Å². The fourth-order valence-electron chi connectivity index (χ4n) is 2.81. The van der Waals surface area contributed by atoms with Crippen LogP contribution in [0.4, 0.5) is 0 Å². The second kappa shape index (κ2) is 8.93. The second-order valence-electron chi connectivity index (χ2n) is 6.81. The van der Waals surface area contributed by atoms with E-state index < -0.39 is 0 Å². The van der Waals surface area contributed by atoms with E-state index in [1.165, 1.54) is 0 Å². The van der Waals surface area contributed by atoms with Gasteiger partial charge in [0.15, 0.2) is 0 Å². The number of amides is 2. The van der Waals surface area contributed by atoms with Crippen molar-refractivity contribution < 1.29 is 14.3 Å². The molecular formula is C22H23ClN2O3. The van der Waals surface area contributed by atoms with Crippen molar-refractivity contribution >= 4 is 29.5 Å². The Bertz CT molecular complexity index is 924. The SMILES string of the molecule is CCC(C)NC(=O)c1cccc(CNC(=O)C2=Cc3cc(Cl)ccc3OC2)c1. The van der Waals surface area contributed by atoms with Gasteiger partial charge in [-0.25, -0.2) is 0 Å². The highest BCUT2D eigenvalue weighted by Crippen LogP contribution is 2.28. The Morgan fingerprint density at radius 3 is 2.79 bits per heavy atom. The number of rotatable bonds is 6. The molecule has 3 rings (SSSR count). The van der Waals surface area contributed by atoms with Crippen LogP contribution in [0.3, 0.4) is 0 Å². The lowest BCUT2D eigenvalue weighted by Crippen LogP contribution is -2.32. The third-order valence-electron chi connectivity index (χ3n) is 4.61. The molecule has 2 aromatic rings. The second-order valence-corrected chi connectivity index (χ2v) is 7.24. The van der Waals surface area contributed by atoms with Gasteiger partial charge >= 0.3 is 0 Å². The number of hydrogen-bond acceptors (Lipinski definition) is 3. The minimum atomic E-state index is -0.208. The smallest absolute Gasteiger partial charge is 0.251 e. The summed E-state index contributed by atoms with van der Waals surface area (Å²) in [5, 5.41) is 6.41. The van der Waals surface area contributed by atoms with Crippen LogP contribution in [0.1, 0.15) is 41.8 Å². The van der Waals surface area contributed by atoms with Gasteiger partial charge in [0.05, 0.1) is 5.57 Å². The molecule has 2 aromatic carbocycles. The van der Waals surface area contributed by atoms with E-state index in [0.717, 1.165) is 17.5 Å². The van der Waals surface area contributed by atoms with Crippen LogP contribution >= 0.6 is 11.6 Å². The summed E-state index contributed by atoms with van der Waals surface area (Å²) < 4.78 is 5.62. The lowest BCUT2D eigenvalue weighted by molar-refractivity contribution is -0.117. The number of ether oxygens (including phenoxy) is 1. The molecule has 0 fully saturated rings. The molecule has 0 spiro atoms. The molecule has 0 bridgehead atoms. The van der Waals surface area contributed by atoms with Crippen LogP contribution in [0.15, 0.2) is 48.0 Å². The van der Waals surface area contributed by atoms with Gasteiger partial charge < -0.3 is 15.4 Å². The van der Waals surface area contributed by atoms with E-state index in [-0.39, 0.29) is 24.5 Å². The van der Waals surface area contributed by atoms with Crippen molar-refractivity contribution in [3.63, 3.8) is 0 Å². The molecule has 0 radical (unpaired) electrons. The van der Waals surface area contributed by atoms with Gasteiger partial charge in [0.25, 0.3) is 11.8 Å². The van der Waals surface area contributed by atoms with Crippen molar-refractivity contribution in [1.29, 1.82) is 0 Å². The Balaban J connectivity index is 1.64. The highest BCUT2D eigenvalue weighted by atomic mass is 35.5. The molecule has 0 saturated heterocycles. The molecule has 1 atom stereocenters. The first-order valence-corrected chi connectivity index (χ1v) is 9.65. The van der Waals surface area contributed by atoms with E-state index >= 15 is 0 Å². The predicted molar refractivity (Wildman–Crippen MR) is 110 cm³/mol. The number of fused-ring (bicyclic) bond motifs is 1. The summed E-state index contributed by atoms with van der Waals surface area (Å²) in [6.45, 7) is 4.51. The van der Waals surface area contributed by atoms with E-state index in [9.17, 15) is 9.59 Å². The maximum Gasteiger partial charge on any atom is 0.251 e. The number of benzene rings is 2. The number of nitrogens with one attached hydrogen (secondary N) is 2. The summed E-state index contributed by atoms with van der Waals surface area (Å²) in [4.78, 5) is 24.8. The molecule has 1 aliphatic heterocycles. The molecule has 0 aliphatic carbocycles. The van der Waals surface area contributed by atoms with Crippen molar-refractivity contribution in [3.05, 3.63) is 69.8 Å². The number of carbonyl (C=O) groups excluding carboxylic acids is 2. The molecule has 0 aromatic heterocycles. The van der Waals surface area contributed by atoms with Crippen molar-refractivity contribution in [2.24, 2.45) is 0 Å². The van der Waals surface area contributed by atoms with Crippen LogP contribution in [0, 0.1) is 0 Å². The van der Waals surface area contributed by atoms with E-state index in [1.807, 2.05) is 26.0 Å². The molecule has 5 nitrogen and oxygen atoms in total. The summed E-state index contributed by atoms with van der Waals surface area (Å²) >= 11 is 6.01. The third-order valence-corrected chi connectivity index (χ3v) is 4.84. The van der Waals surface area contributed by atoms with Crippen molar-refractivity contribution in [3.8, 4) is 5.75 Å². The summed E-state index contributed by atoms with van der Waals surface area (Å²) in [7, 11) is 0. The van der Waals surface area contributed by atoms with Gasteiger partial charge in [-0.1, -0.05) is 30.7 Å². The highest BCUT2D eigenvalue weighted by molar-refractivity contribution is 6.30. The largest absolute Gasteiger partial charge is 0.488 e. The Hall–Kier alpha value is -2.79. The van der Waals surface area contributed by atoms with Crippen LogP contribution in [0.2, 0.25) is 5.02 Å². The predicted octanol–water partition coefficient (Wildman–Crippen LogP) is 3.96. The monoisotopic (exact) mass is 398 g/mol. The number of halogens is 1. The molecular weight excluding hydrogens is 376 g/mol. The number of carbonyl (C=O) groups is 2. The molecule has 1 heterocycles. The van der Waals surface area contributed by atoms with Gasteiger partial charge in [0.2, 0.25) is 0 Å². The third kappa shape index (κ3) is 4.93. The van der Waals surface area contributed by atoms with Crippen LogP contribution in [0.25, 0.3) is 6.08 Å². The quantitative estimate of drug-likeness (QED) is 0.773. The molecule has 6 heteroatoms. The fraction of sp³-hybridized carbons (Fsp3) is 0.273. The summed E-state index contributed by atoms with van der Waals surface area (Å²) in [6, 6.07) is 12.7. The first-order chi connectivity index (χ1) is 13.5. The average molecular weight is 399 g/mol. The Labute approximate surface area is 169 Å². The van der Waals surface area contributed by atoms with Crippen LogP contribution < -0.4 is 15.4 Å². The van der Waals surface area contributed by atoms with Crippen LogP contribution in [-0.2, 0) is 11.3 Å². The van der Waals surface area contributed by atoms with E-state index in [1.54, 1.807) is 36.4 Å². The maximum atomic E-state index is 12.5. The topological polar surface area (TPSA) is 67.4 Å². The Morgan fingerprint density at radius 2 is 2.00 bits per heavy atom.